The van der Waals surface area contributed by atoms with Crippen molar-refractivity contribution in [3.8, 4) is 0 Å². The Balaban J connectivity index is 1.59. The molecule has 110 valence electrons. The van der Waals surface area contributed by atoms with Crippen molar-refractivity contribution in [1.82, 2.24) is 15.3 Å². The summed E-state index contributed by atoms with van der Waals surface area (Å²) in [5, 5.41) is 3.02. The number of hydrogen-bond donors (Lipinski definition) is 1. The molecule has 0 fully saturated rings. The molecule has 0 aliphatic heterocycles. The third-order valence-corrected chi connectivity index (χ3v) is 2.91. The number of nitrogens with zero attached hydrogens (tertiary/aromatic N) is 2. The van der Waals surface area contributed by atoms with Crippen molar-refractivity contribution >= 4 is 17.5 Å². The van der Waals surface area contributed by atoms with E-state index in [0.29, 0.717) is 19.8 Å². The van der Waals surface area contributed by atoms with E-state index in [1.807, 2.05) is 30.3 Å². The van der Waals surface area contributed by atoms with E-state index in [9.17, 15) is 4.79 Å². The van der Waals surface area contributed by atoms with Gasteiger partial charge in [-0.2, -0.15) is 0 Å². The van der Waals surface area contributed by atoms with Crippen LogP contribution in [0.1, 0.15) is 22.5 Å². The Kier molecular flexibility index (Phi) is 6.12. The van der Waals surface area contributed by atoms with Crippen molar-refractivity contribution in [3.05, 3.63) is 59.1 Å². The molecular weight excluding hydrogens is 290 g/mol. The number of aromatic nitrogens is 2. The van der Waals surface area contributed by atoms with Crippen LogP contribution in [0.5, 0.6) is 0 Å². The van der Waals surface area contributed by atoms with Crippen LogP contribution in [0.4, 0.5) is 0 Å². The van der Waals surface area contributed by atoms with Crippen molar-refractivity contribution in [3.63, 3.8) is 0 Å². The second-order valence-electron chi connectivity index (χ2n) is 4.37. The second kappa shape index (κ2) is 8.34. The lowest BCUT2D eigenvalue weighted by molar-refractivity contribution is 0.0929. The van der Waals surface area contributed by atoms with Gasteiger partial charge in [0.05, 0.1) is 19.0 Å². The molecular formula is C15H16ClN3O2. The SMILES string of the molecule is O=C(NCCCOCc1ccccc1)c1cnc(Cl)cn1. The average molecular weight is 306 g/mol. The van der Waals surface area contributed by atoms with Crippen LogP contribution in [-0.2, 0) is 11.3 Å². The molecule has 1 aromatic heterocycles. The number of nitrogens with one attached hydrogen (secondary N) is 1. The van der Waals surface area contributed by atoms with Gasteiger partial charge in [0.15, 0.2) is 0 Å². The number of hydrogen-bond acceptors (Lipinski definition) is 4. The minimum absolute atomic E-state index is 0.254. The molecule has 1 heterocycles. The topological polar surface area (TPSA) is 64.1 Å². The largest absolute Gasteiger partial charge is 0.377 e. The monoisotopic (exact) mass is 305 g/mol. The molecule has 0 saturated heterocycles. The number of carbonyl (C=O) groups excluding carboxylic acids is 1. The van der Waals surface area contributed by atoms with E-state index in [1.54, 1.807) is 0 Å². The molecule has 5 nitrogen and oxygen atoms in total. The molecule has 1 N–H and O–H groups in total. The summed E-state index contributed by atoms with van der Waals surface area (Å²) in [6, 6.07) is 9.96. The van der Waals surface area contributed by atoms with E-state index in [0.717, 1.165) is 12.0 Å². The van der Waals surface area contributed by atoms with E-state index in [4.69, 9.17) is 16.3 Å². The van der Waals surface area contributed by atoms with Crippen LogP contribution in [0.2, 0.25) is 5.15 Å². The minimum atomic E-state index is -0.262. The lowest BCUT2D eigenvalue weighted by Crippen LogP contribution is -2.26. The number of ether oxygens (including phenoxy) is 1. The molecule has 0 aliphatic rings. The van der Waals surface area contributed by atoms with Crippen LogP contribution in [0, 0.1) is 0 Å². The zero-order valence-corrected chi connectivity index (χ0v) is 12.2. The highest BCUT2D eigenvalue weighted by atomic mass is 35.5. The highest BCUT2D eigenvalue weighted by molar-refractivity contribution is 6.29. The van der Waals surface area contributed by atoms with Gasteiger partial charge in [-0.25, -0.2) is 9.97 Å². The molecule has 2 aromatic rings. The van der Waals surface area contributed by atoms with E-state index >= 15 is 0 Å². The predicted octanol–water partition coefficient (Wildman–Crippen LogP) is 2.47. The van der Waals surface area contributed by atoms with E-state index in [2.05, 4.69) is 15.3 Å². The van der Waals surface area contributed by atoms with Crippen LogP contribution in [0.25, 0.3) is 0 Å². The molecule has 0 atom stereocenters. The summed E-state index contributed by atoms with van der Waals surface area (Å²) < 4.78 is 5.53. The van der Waals surface area contributed by atoms with Gasteiger partial charge in [0, 0.05) is 13.2 Å². The maximum Gasteiger partial charge on any atom is 0.271 e. The minimum Gasteiger partial charge on any atom is -0.377 e. The van der Waals surface area contributed by atoms with Gasteiger partial charge in [0.2, 0.25) is 0 Å². The predicted molar refractivity (Wildman–Crippen MR) is 80.1 cm³/mol. The number of carbonyl (C=O) groups is 1. The summed E-state index contributed by atoms with van der Waals surface area (Å²) in [7, 11) is 0. The van der Waals surface area contributed by atoms with Crippen molar-refractivity contribution in [2.24, 2.45) is 0 Å². The van der Waals surface area contributed by atoms with Crippen molar-refractivity contribution < 1.29 is 9.53 Å². The first-order valence-corrected chi connectivity index (χ1v) is 7.01. The molecule has 0 radical (unpaired) electrons. The molecule has 0 unspecified atom stereocenters. The molecule has 2 rings (SSSR count). The standard InChI is InChI=1S/C15H16ClN3O2/c16-14-10-18-13(9-19-14)15(20)17-7-4-8-21-11-12-5-2-1-3-6-12/h1-3,5-6,9-10H,4,7-8,11H2,(H,17,20). The highest BCUT2D eigenvalue weighted by Gasteiger charge is 2.06. The Bertz CT molecular complexity index is 561. The summed E-state index contributed by atoms with van der Waals surface area (Å²) in [6.07, 6.45) is 3.43. The zero-order chi connectivity index (χ0) is 14.9. The third kappa shape index (κ3) is 5.49. The van der Waals surface area contributed by atoms with Gasteiger partial charge in [-0.15, -0.1) is 0 Å². The molecule has 0 saturated carbocycles. The van der Waals surface area contributed by atoms with Crippen LogP contribution in [-0.4, -0.2) is 29.0 Å². The third-order valence-electron chi connectivity index (χ3n) is 2.72. The van der Waals surface area contributed by atoms with Gasteiger partial charge in [0.25, 0.3) is 5.91 Å². The maximum absolute atomic E-state index is 11.7. The molecule has 1 aromatic carbocycles. The molecule has 21 heavy (non-hydrogen) atoms. The highest BCUT2D eigenvalue weighted by Crippen LogP contribution is 2.02. The smallest absolute Gasteiger partial charge is 0.271 e. The van der Waals surface area contributed by atoms with Crippen LogP contribution < -0.4 is 5.32 Å². The van der Waals surface area contributed by atoms with Gasteiger partial charge in [0.1, 0.15) is 10.8 Å². The van der Waals surface area contributed by atoms with E-state index < -0.39 is 0 Å². The van der Waals surface area contributed by atoms with Gasteiger partial charge >= 0.3 is 0 Å². The molecule has 0 bridgehead atoms. The first-order valence-electron chi connectivity index (χ1n) is 6.63. The van der Waals surface area contributed by atoms with E-state index in [1.165, 1.54) is 12.4 Å². The Labute approximate surface area is 128 Å². The van der Waals surface area contributed by atoms with Crippen LogP contribution in [0.15, 0.2) is 42.7 Å². The van der Waals surface area contributed by atoms with Crippen LogP contribution >= 0.6 is 11.6 Å². The number of halogens is 1. The lowest BCUT2D eigenvalue weighted by atomic mass is 10.2. The van der Waals surface area contributed by atoms with Crippen LogP contribution in [0.3, 0.4) is 0 Å². The Morgan fingerprint density at radius 3 is 2.71 bits per heavy atom. The second-order valence-corrected chi connectivity index (χ2v) is 4.76. The van der Waals surface area contributed by atoms with Crippen molar-refractivity contribution in [2.45, 2.75) is 13.0 Å². The van der Waals surface area contributed by atoms with Gasteiger partial charge < -0.3 is 10.1 Å². The fourth-order valence-electron chi connectivity index (χ4n) is 1.66. The average Bonchev–Trinajstić information content (AvgIpc) is 2.52. The molecule has 0 spiro atoms. The fourth-order valence-corrected chi connectivity index (χ4v) is 1.76. The summed E-state index contributed by atoms with van der Waals surface area (Å²) >= 11 is 5.61. The van der Waals surface area contributed by atoms with Gasteiger partial charge in [-0.05, 0) is 12.0 Å². The molecule has 1 amide bonds. The van der Waals surface area contributed by atoms with Crippen molar-refractivity contribution in [2.75, 3.05) is 13.2 Å². The normalized spacial score (nSPS) is 10.3. The summed E-state index contributed by atoms with van der Waals surface area (Å²) in [4.78, 5) is 19.4. The first-order chi connectivity index (χ1) is 10.3. The van der Waals surface area contributed by atoms with Gasteiger partial charge in [-0.1, -0.05) is 41.9 Å². The summed E-state index contributed by atoms with van der Waals surface area (Å²) in [5.74, 6) is -0.262. The Hall–Kier alpha value is -1.98. The van der Waals surface area contributed by atoms with E-state index in [-0.39, 0.29) is 16.8 Å². The molecule has 0 aliphatic carbocycles. The maximum atomic E-state index is 11.7. The van der Waals surface area contributed by atoms with Gasteiger partial charge in [-0.3, -0.25) is 4.79 Å². The first kappa shape index (κ1) is 15.4. The number of rotatable bonds is 7. The molecule has 6 heteroatoms. The Morgan fingerprint density at radius 2 is 2.00 bits per heavy atom. The fraction of sp³-hybridized carbons (Fsp3) is 0.267. The summed E-state index contributed by atoms with van der Waals surface area (Å²) in [6.45, 7) is 1.69. The lowest BCUT2D eigenvalue weighted by Gasteiger charge is -2.06. The Morgan fingerprint density at radius 1 is 1.19 bits per heavy atom. The summed E-state index contributed by atoms with van der Waals surface area (Å²) in [5.41, 5.74) is 1.39. The quantitative estimate of drug-likeness (QED) is 0.798. The van der Waals surface area contributed by atoms with Crippen molar-refractivity contribution in [1.29, 1.82) is 0 Å². The number of benzene rings is 1. The zero-order valence-electron chi connectivity index (χ0n) is 11.5. The number of amides is 1.